The summed E-state index contributed by atoms with van der Waals surface area (Å²) < 4.78 is 9.89. The molecule has 0 bridgehead atoms. The van der Waals surface area contributed by atoms with E-state index in [1.54, 1.807) is 24.3 Å². The Balaban J connectivity index is 2.22. The number of hydrogen-bond acceptors (Lipinski definition) is 6. The normalized spacial score (nSPS) is 10.0. The van der Waals surface area contributed by atoms with Gasteiger partial charge in [-0.15, -0.1) is 0 Å². The maximum atomic E-state index is 12.6. The number of carbonyl (C=O) groups is 4. The Morgan fingerprint density at radius 2 is 1.47 bits per heavy atom. The molecule has 0 aliphatic rings. The highest BCUT2D eigenvalue weighted by Crippen LogP contribution is 2.22. The summed E-state index contributed by atoms with van der Waals surface area (Å²) in [6.45, 7) is 2.81. The molecule has 0 aromatic heterocycles. The Morgan fingerprint density at radius 3 is 1.97 bits per heavy atom. The lowest BCUT2D eigenvalue weighted by atomic mass is 10.1. The average Bonchev–Trinajstić information content (AvgIpc) is 2.69. The van der Waals surface area contributed by atoms with Crippen molar-refractivity contribution in [1.29, 1.82) is 0 Å². The lowest BCUT2D eigenvalue weighted by molar-refractivity contribution is -0.115. The van der Waals surface area contributed by atoms with E-state index in [1.807, 2.05) is 0 Å². The van der Waals surface area contributed by atoms with Crippen molar-refractivity contribution in [2.45, 2.75) is 20.4 Å². The number of amides is 3. The molecule has 2 aromatic rings. The summed E-state index contributed by atoms with van der Waals surface area (Å²) in [7, 11) is 2.71. The third-order valence-electron chi connectivity index (χ3n) is 3.96. The zero-order chi connectivity index (χ0) is 22.3. The van der Waals surface area contributed by atoms with Crippen molar-refractivity contribution in [2.75, 3.05) is 24.9 Å². The molecule has 0 heterocycles. The Hall–Kier alpha value is -3.88. The summed E-state index contributed by atoms with van der Waals surface area (Å²) in [4.78, 5) is 47.2. The van der Waals surface area contributed by atoms with Gasteiger partial charge in [-0.25, -0.2) is 4.79 Å². The first-order chi connectivity index (χ1) is 14.2. The van der Waals surface area contributed by atoms with Crippen molar-refractivity contribution in [2.24, 2.45) is 0 Å². The van der Waals surface area contributed by atoms with Crippen LogP contribution in [0.1, 0.15) is 40.1 Å². The fraction of sp³-hybridized carbons (Fsp3) is 0.238. The molecule has 0 saturated heterocycles. The van der Waals surface area contributed by atoms with E-state index in [2.05, 4.69) is 16.0 Å². The first-order valence-electron chi connectivity index (χ1n) is 8.97. The molecular formula is C21H23N3O6. The summed E-state index contributed by atoms with van der Waals surface area (Å²) in [6.07, 6.45) is 0. The van der Waals surface area contributed by atoms with Crippen LogP contribution in [0.15, 0.2) is 36.4 Å². The molecular weight excluding hydrogens is 390 g/mol. The molecule has 0 aliphatic carbocycles. The van der Waals surface area contributed by atoms with Gasteiger partial charge in [-0.3, -0.25) is 14.4 Å². The van der Waals surface area contributed by atoms with Crippen LogP contribution in [0.5, 0.6) is 5.75 Å². The van der Waals surface area contributed by atoms with Gasteiger partial charge < -0.3 is 25.4 Å². The quantitative estimate of drug-likeness (QED) is 0.599. The fourth-order valence-electron chi connectivity index (χ4n) is 2.73. The Labute approximate surface area is 173 Å². The molecule has 0 spiro atoms. The molecule has 30 heavy (non-hydrogen) atoms. The van der Waals surface area contributed by atoms with Crippen molar-refractivity contribution in [3.63, 3.8) is 0 Å². The lowest BCUT2D eigenvalue weighted by Gasteiger charge is -2.12. The SMILES string of the molecule is COC(=O)c1cc(CNC(=O)c2cc(NC(C)=O)cc(NC(C)=O)c2)ccc1OC. The van der Waals surface area contributed by atoms with Gasteiger partial charge in [-0.2, -0.15) is 0 Å². The highest BCUT2D eigenvalue weighted by atomic mass is 16.5. The second kappa shape index (κ2) is 10.1. The van der Waals surface area contributed by atoms with Crippen LogP contribution in [-0.2, 0) is 20.9 Å². The molecule has 0 atom stereocenters. The number of anilines is 2. The van der Waals surface area contributed by atoms with Gasteiger partial charge in [0.15, 0.2) is 0 Å². The van der Waals surface area contributed by atoms with E-state index >= 15 is 0 Å². The van der Waals surface area contributed by atoms with Crippen LogP contribution in [0.3, 0.4) is 0 Å². The molecule has 2 rings (SSSR count). The topological polar surface area (TPSA) is 123 Å². The average molecular weight is 413 g/mol. The second-order valence-corrected chi connectivity index (χ2v) is 6.37. The molecule has 0 radical (unpaired) electrons. The number of carbonyl (C=O) groups excluding carboxylic acids is 4. The van der Waals surface area contributed by atoms with Crippen molar-refractivity contribution in [3.05, 3.63) is 53.1 Å². The first kappa shape index (κ1) is 22.4. The van der Waals surface area contributed by atoms with Crippen LogP contribution in [0.4, 0.5) is 11.4 Å². The minimum atomic E-state index is -0.553. The van der Waals surface area contributed by atoms with E-state index < -0.39 is 11.9 Å². The number of nitrogens with one attached hydrogen (secondary N) is 3. The van der Waals surface area contributed by atoms with Gasteiger partial charge in [0.2, 0.25) is 11.8 Å². The third-order valence-corrected chi connectivity index (χ3v) is 3.96. The molecule has 3 amide bonds. The van der Waals surface area contributed by atoms with Crippen LogP contribution >= 0.6 is 0 Å². The number of hydrogen-bond donors (Lipinski definition) is 3. The van der Waals surface area contributed by atoms with E-state index in [4.69, 9.17) is 9.47 Å². The van der Waals surface area contributed by atoms with E-state index in [9.17, 15) is 19.2 Å². The summed E-state index contributed by atoms with van der Waals surface area (Å²) in [6, 6.07) is 9.43. The molecule has 2 aromatic carbocycles. The standard InChI is InChI=1S/C21H23N3O6/c1-12(25)23-16-8-15(9-17(10-16)24-13(2)26)20(27)22-11-14-5-6-19(29-3)18(7-14)21(28)30-4/h5-10H,11H2,1-4H3,(H,22,27)(H,23,25)(H,24,26). The maximum Gasteiger partial charge on any atom is 0.341 e. The van der Waals surface area contributed by atoms with Gasteiger partial charge in [0.25, 0.3) is 5.91 Å². The van der Waals surface area contributed by atoms with Crippen molar-refractivity contribution < 1.29 is 28.7 Å². The monoisotopic (exact) mass is 413 g/mol. The summed E-state index contributed by atoms with van der Waals surface area (Å²) >= 11 is 0. The molecule has 158 valence electrons. The summed E-state index contributed by atoms with van der Waals surface area (Å²) in [5.74, 6) is -1.24. The lowest BCUT2D eigenvalue weighted by Crippen LogP contribution is -2.23. The van der Waals surface area contributed by atoms with Crippen LogP contribution in [0.25, 0.3) is 0 Å². The number of esters is 1. The van der Waals surface area contributed by atoms with Crippen LogP contribution in [-0.4, -0.2) is 37.9 Å². The molecule has 0 aliphatic heterocycles. The van der Waals surface area contributed by atoms with E-state index in [1.165, 1.54) is 40.2 Å². The van der Waals surface area contributed by atoms with E-state index in [0.717, 1.165) is 0 Å². The van der Waals surface area contributed by atoms with Gasteiger partial charge in [-0.05, 0) is 35.9 Å². The third kappa shape index (κ3) is 6.06. The van der Waals surface area contributed by atoms with Gasteiger partial charge in [-0.1, -0.05) is 6.07 Å². The van der Waals surface area contributed by atoms with E-state index in [-0.39, 0.29) is 29.5 Å². The van der Waals surface area contributed by atoms with Crippen LogP contribution < -0.4 is 20.7 Å². The van der Waals surface area contributed by atoms with Gasteiger partial charge in [0.05, 0.1) is 14.2 Å². The Morgan fingerprint density at radius 1 is 0.867 bits per heavy atom. The van der Waals surface area contributed by atoms with Gasteiger partial charge >= 0.3 is 5.97 Å². The minimum Gasteiger partial charge on any atom is -0.496 e. The van der Waals surface area contributed by atoms with Gasteiger partial charge in [0.1, 0.15) is 11.3 Å². The number of ether oxygens (including phenoxy) is 2. The highest BCUT2D eigenvalue weighted by molar-refractivity contribution is 6.00. The zero-order valence-corrected chi connectivity index (χ0v) is 17.1. The predicted octanol–water partition coefficient (Wildman–Crippen LogP) is 2.33. The maximum absolute atomic E-state index is 12.6. The largest absolute Gasteiger partial charge is 0.496 e. The first-order valence-corrected chi connectivity index (χ1v) is 8.97. The Bertz CT molecular complexity index is 952. The van der Waals surface area contributed by atoms with Crippen molar-refractivity contribution in [3.8, 4) is 5.75 Å². The zero-order valence-electron chi connectivity index (χ0n) is 17.1. The van der Waals surface area contributed by atoms with Crippen LogP contribution in [0.2, 0.25) is 0 Å². The van der Waals surface area contributed by atoms with E-state index in [0.29, 0.717) is 22.7 Å². The molecule has 9 heteroatoms. The van der Waals surface area contributed by atoms with Crippen molar-refractivity contribution in [1.82, 2.24) is 5.32 Å². The molecule has 0 saturated carbocycles. The molecule has 3 N–H and O–H groups in total. The van der Waals surface area contributed by atoms with Crippen molar-refractivity contribution >= 4 is 35.1 Å². The molecule has 0 fully saturated rings. The second-order valence-electron chi connectivity index (χ2n) is 6.37. The number of rotatable bonds is 7. The Kier molecular flexibility index (Phi) is 7.51. The fourth-order valence-corrected chi connectivity index (χ4v) is 2.73. The molecule has 9 nitrogen and oxygen atoms in total. The summed E-state index contributed by atoms with van der Waals surface area (Å²) in [5.41, 5.74) is 1.89. The number of methoxy groups -OCH3 is 2. The number of benzene rings is 2. The predicted molar refractivity (Wildman–Crippen MR) is 111 cm³/mol. The smallest absolute Gasteiger partial charge is 0.341 e. The summed E-state index contributed by atoms with van der Waals surface area (Å²) in [5, 5.41) is 7.92. The van der Waals surface area contributed by atoms with Gasteiger partial charge in [0, 0.05) is 37.3 Å². The highest BCUT2D eigenvalue weighted by Gasteiger charge is 2.15. The minimum absolute atomic E-state index is 0.132. The van der Waals surface area contributed by atoms with Crippen LogP contribution in [0, 0.1) is 0 Å². The molecule has 0 unspecified atom stereocenters.